The van der Waals surface area contributed by atoms with Crippen LogP contribution in [0, 0.1) is 12.8 Å². The number of aromatic amines is 1. The number of pyridine rings is 1. The molecule has 4 heterocycles. The van der Waals surface area contributed by atoms with Crippen LogP contribution in [0.2, 0.25) is 0 Å². The zero-order valence-corrected chi connectivity index (χ0v) is 17.2. The number of aromatic nitrogens is 4. The van der Waals surface area contributed by atoms with Crippen molar-refractivity contribution in [3.8, 4) is 0 Å². The molecule has 2 aromatic rings. The van der Waals surface area contributed by atoms with Crippen molar-refractivity contribution in [2.45, 2.75) is 51.7 Å². The van der Waals surface area contributed by atoms with Gasteiger partial charge in [-0.15, -0.1) is 0 Å². The minimum Gasteiger partial charge on any atom is -0.348 e. The number of carbonyl (C=O) groups is 1. The van der Waals surface area contributed by atoms with E-state index in [4.69, 9.17) is 0 Å². The number of likely N-dealkylation sites (tertiary alicyclic amines) is 2. The molecule has 2 fully saturated rings. The smallest absolute Gasteiger partial charge is 0.224 e. The van der Waals surface area contributed by atoms with Crippen LogP contribution in [0.5, 0.6) is 0 Å². The van der Waals surface area contributed by atoms with Gasteiger partial charge in [0.05, 0.1) is 12.5 Å². The van der Waals surface area contributed by atoms with Gasteiger partial charge in [0.2, 0.25) is 5.91 Å². The lowest BCUT2D eigenvalue weighted by molar-refractivity contribution is -0.127. The zero-order chi connectivity index (χ0) is 20.1. The second kappa shape index (κ2) is 9.45. The SMILES string of the molecule is Cc1nc(CNC(=O)C2CCCN(C3CCN(Cc4ccncc4)CC3)C2)n[nH]1. The number of rotatable bonds is 6. The molecule has 1 amide bonds. The fraction of sp³-hybridized carbons (Fsp3) is 0.619. The highest BCUT2D eigenvalue weighted by Gasteiger charge is 2.31. The number of aryl methyl sites for hydroxylation is 1. The molecule has 1 atom stereocenters. The molecule has 0 radical (unpaired) electrons. The van der Waals surface area contributed by atoms with Crippen LogP contribution >= 0.6 is 0 Å². The number of H-pyrrole nitrogens is 1. The Labute approximate surface area is 172 Å². The van der Waals surface area contributed by atoms with Crippen molar-refractivity contribution in [2.24, 2.45) is 5.92 Å². The maximum Gasteiger partial charge on any atom is 0.224 e. The first kappa shape index (κ1) is 20.0. The highest BCUT2D eigenvalue weighted by atomic mass is 16.1. The van der Waals surface area contributed by atoms with E-state index in [1.165, 1.54) is 18.4 Å². The second-order valence-electron chi connectivity index (χ2n) is 8.25. The van der Waals surface area contributed by atoms with Crippen LogP contribution in [0.3, 0.4) is 0 Å². The van der Waals surface area contributed by atoms with Gasteiger partial charge in [-0.1, -0.05) is 0 Å². The Bertz CT molecular complexity index is 785. The lowest BCUT2D eigenvalue weighted by Gasteiger charge is -2.42. The maximum absolute atomic E-state index is 12.6. The Balaban J connectivity index is 1.23. The molecule has 2 aromatic heterocycles. The van der Waals surface area contributed by atoms with Gasteiger partial charge >= 0.3 is 0 Å². The maximum atomic E-state index is 12.6. The third-order valence-corrected chi connectivity index (χ3v) is 6.12. The Morgan fingerprint density at radius 1 is 1.21 bits per heavy atom. The summed E-state index contributed by atoms with van der Waals surface area (Å²) in [6, 6.07) is 4.79. The fourth-order valence-corrected chi connectivity index (χ4v) is 4.52. The van der Waals surface area contributed by atoms with E-state index in [-0.39, 0.29) is 11.8 Å². The van der Waals surface area contributed by atoms with Gasteiger partial charge in [0, 0.05) is 31.5 Å². The number of carbonyl (C=O) groups excluding carboxylic acids is 1. The molecule has 0 spiro atoms. The molecule has 2 aliphatic rings. The average molecular weight is 398 g/mol. The number of nitrogens with zero attached hydrogens (tertiary/aromatic N) is 5. The van der Waals surface area contributed by atoms with E-state index in [2.05, 4.69) is 47.4 Å². The molecule has 29 heavy (non-hydrogen) atoms. The molecule has 156 valence electrons. The third kappa shape index (κ3) is 5.39. The number of piperidine rings is 2. The van der Waals surface area contributed by atoms with Gasteiger partial charge in [0.1, 0.15) is 5.82 Å². The molecule has 1 unspecified atom stereocenters. The highest BCUT2D eigenvalue weighted by Crippen LogP contribution is 2.24. The van der Waals surface area contributed by atoms with Crippen molar-refractivity contribution in [3.05, 3.63) is 41.7 Å². The molecule has 2 N–H and O–H groups in total. The topological polar surface area (TPSA) is 90.0 Å². The summed E-state index contributed by atoms with van der Waals surface area (Å²) in [7, 11) is 0. The first-order chi connectivity index (χ1) is 14.2. The number of amides is 1. The van der Waals surface area contributed by atoms with Crippen molar-refractivity contribution in [3.63, 3.8) is 0 Å². The first-order valence-electron chi connectivity index (χ1n) is 10.7. The zero-order valence-electron chi connectivity index (χ0n) is 17.2. The summed E-state index contributed by atoms with van der Waals surface area (Å²) in [5.74, 6) is 1.62. The molecule has 8 heteroatoms. The molecule has 2 aliphatic heterocycles. The van der Waals surface area contributed by atoms with Gasteiger partial charge in [-0.05, 0) is 69.9 Å². The molecular weight excluding hydrogens is 366 g/mol. The quantitative estimate of drug-likeness (QED) is 0.768. The molecule has 4 rings (SSSR count). The lowest BCUT2D eigenvalue weighted by atomic mass is 9.93. The van der Waals surface area contributed by atoms with Crippen LogP contribution in [0.1, 0.15) is 42.9 Å². The molecule has 0 aromatic carbocycles. The monoisotopic (exact) mass is 397 g/mol. The van der Waals surface area contributed by atoms with Gasteiger partial charge in [-0.25, -0.2) is 4.98 Å². The molecule has 8 nitrogen and oxygen atoms in total. The normalized spacial score (nSPS) is 21.9. The van der Waals surface area contributed by atoms with Crippen LogP contribution in [-0.2, 0) is 17.9 Å². The van der Waals surface area contributed by atoms with E-state index < -0.39 is 0 Å². The Hall–Kier alpha value is -2.32. The van der Waals surface area contributed by atoms with E-state index in [1.54, 1.807) is 0 Å². The summed E-state index contributed by atoms with van der Waals surface area (Å²) in [6.07, 6.45) is 8.14. The van der Waals surface area contributed by atoms with Gasteiger partial charge in [0.25, 0.3) is 0 Å². The fourth-order valence-electron chi connectivity index (χ4n) is 4.52. The van der Waals surface area contributed by atoms with E-state index >= 15 is 0 Å². The van der Waals surface area contributed by atoms with Gasteiger partial charge in [0.15, 0.2) is 5.82 Å². The highest BCUT2D eigenvalue weighted by molar-refractivity contribution is 5.78. The second-order valence-corrected chi connectivity index (χ2v) is 8.25. The Morgan fingerprint density at radius 3 is 2.72 bits per heavy atom. The largest absolute Gasteiger partial charge is 0.348 e. The lowest BCUT2D eigenvalue weighted by Crippen LogP contribution is -2.50. The number of hydrogen-bond acceptors (Lipinski definition) is 6. The summed E-state index contributed by atoms with van der Waals surface area (Å²) < 4.78 is 0. The number of hydrogen-bond donors (Lipinski definition) is 2. The van der Waals surface area contributed by atoms with E-state index in [9.17, 15) is 4.79 Å². The average Bonchev–Trinajstić information content (AvgIpc) is 3.18. The Kier molecular flexibility index (Phi) is 6.51. The van der Waals surface area contributed by atoms with Gasteiger partial charge in [-0.3, -0.25) is 24.7 Å². The van der Waals surface area contributed by atoms with E-state index in [0.717, 1.165) is 51.4 Å². The summed E-state index contributed by atoms with van der Waals surface area (Å²) in [5.41, 5.74) is 1.33. The standard InChI is InChI=1S/C21H31N7O/c1-16-24-20(26-25-16)13-23-21(29)18-3-2-10-28(15-18)19-6-11-27(12-7-19)14-17-4-8-22-9-5-17/h4-5,8-9,18-19H,2-3,6-7,10-15H2,1H3,(H,23,29)(H,24,25,26). The van der Waals surface area contributed by atoms with Gasteiger partial charge < -0.3 is 5.32 Å². The van der Waals surface area contributed by atoms with E-state index in [0.29, 0.717) is 18.4 Å². The van der Waals surface area contributed by atoms with Crippen molar-refractivity contribution in [2.75, 3.05) is 26.2 Å². The predicted octanol–water partition coefficient (Wildman–Crippen LogP) is 1.50. The van der Waals surface area contributed by atoms with Crippen molar-refractivity contribution >= 4 is 5.91 Å². The van der Waals surface area contributed by atoms with Crippen molar-refractivity contribution in [1.29, 1.82) is 0 Å². The summed E-state index contributed by atoms with van der Waals surface area (Å²) >= 11 is 0. The van der Waals surface area contributed by atoms with Crippen molar-refractivity contribution in [1.82, 2.24) is 35.3 Å². The molecular formula is C21H31N7O. The molecule has 2 saturated heterocycles. The van der Waals surface area contributed by atoms with Crippen LogP contribution in [0.15, 0.2) is 24.5 Å². The van der Waals surface area contributed by atoms with Crippen LogP contribution < -0.4 is 5.32 Å². The molecule has 0 saturated carbocycles. The van der Waals surface area contributed by atoms with Crippen LogP contribution in [0.4, 0.5) is 0 Å². The van der Waals surface area contributed by atoms with Crippen molar-refractivity contribution < 1.29 is 4.79 Å². The summed E-state index contributed by atoms with van der Waals surface area (Å²) in [6.45, 7) is 7.47. The van der Waals surface area contributed by atoms with Gasteiger partial charge in [-0.2, -0.15) is 5.10 Å². The number of nitrogens with one attached hydrogen (secondary N) is 2. The Morgan fingerprint density at radius 2 is 2.00 bits per heavy atom. The van der Waals surface area contributed by atoms with Crippen LogP contribution in [0.25, 0.3) is 0 Å². The van der Waals surface area contributed by atoms with Crippen LogP contribution in [-0.4, -0.2) is 68.1 Å². The molecule has 0 aliphatic carbocycles. The minimum atomic E-state index is 0.0682. The summed E-state index contributed by atoms with van der Waals surface area (Å²) in [5, 5.41) is 9.92. The predicted molar refractivity (Wildman–Crippen MR) is 110 cm³/mol. The molecule has 0 bridgehead atoms. The van der Waals surface area contributed by atoms with E-state index in [1.807, 2.05) is 19.3 Å². The minimum absolute atomic E-state index is 0.0682. The summed E-state index contributed by atoms with van der Waals surface area (Å²) in [4.78, 5) is 26.1. The third-order valence-electron chi connectivity index (χ3n) is 6.12. The first-order valence-corrected chi connectivity index (χ1v) is 10.7.